The predicted molar refractivity (Wildman–Crippen MR) is 54.6 cm³/mol. The number of hydrogen-bond acceptors (Lipinski definition) is 1. The molecule has 14 heavy (non-hydrogen) atoms. The Kier molecular flexibility index (Phi) is 1.40. The molecule has 1 saturated carbocycles. The molecule has 0 aliphatic heterocycles. The van der Waals surface area contributed by atoms with Gasteiger partial charge in [-0.15, -0.1) is 0 Å². The number of H-pyrrole nitrogens is 1. The number of nitrogen functional groups attached to an aromatic ring is 1. The van der Waals surface area contributed by atoms with Crippen molar-refractivity contribution in [2.24, 2.45) is 0 Å². The number of benzene rings is 1. The van der Waals surface area contributed by atoms with Crippen molar-refractivity contribution in [3.8, 4) is 0 Å². The highest BCUT2D eigenvalue weighted by Crippen LogP contribution is 2.41. The lowest BCUT2D eigenvalue weighted by Crippen LogP contribution is -1.89. The summed E-state index contributed by atoms with van der Waals surface area (Å²) < 4.78 is 13.6. The molecule has 0 amide bonds. The maximum absolute atomic E-state index is 13.6. The zero-order valence-electron chi connectivity index (χ0n) is 7.68. The van der Waals surface area contributed by atoms with Gasteiger partial charge in [-0.1, -0.05) is 0 Å². The molecule has 2 nitrogen and oxygen atoms in total. The number of hydrogen-bond donors (Lipinski definition) is 2. The van der Waals surface area contributed by atoms with Gasteiger partial charge in [0.1, 0.15) is 0 Å². The van der Waals surface area contributed by atoms with Crippen molar-refractivity contribution in [2.45, 2.75) is 18.8 Å². The normalized spacial score (nSPS) is 16.4. The summed E-state index contributed by atoms with van der Waals surface area (Å²) in [6.07, 6.45) is 2.42. The van der Waals surface area contributed by atoms with E-state index in [-0.39, 0.29) is 11.5 Å². The summed E-state index contributed by atoms with van der Waals surface area (Å²) in [5.41, 5.74) is 7.71. The van der Waals surface area contributed by atoms with Crippen LogP contribution in [0.1, 0.15) is 24.5 Å². The Hall–Kier alpha value is -1.51. The molecule has 1 heterocycles. The second kappa shape index (κ2) is 2.50. The molecule has 2 aromatic rings. The molecule has 3 N–H and O–H groups in total. The van der Waals surface area contributed by atoms with Gasteiger partial charge >= 0.3 is 0 Å². The van der Waals surface area contributed by atoms with Crippen LogP contribution in [0.15, 0.2) is 18.2 Å². The molecule has 1 aliphatic carbocycles. The highest BCUT2D eigenvalue weighted by atomic mass is 19.1. The minimum atomic E-state index is -0.300. The third kappa shape index (κ3) is 1.02. The molecule has 0 atom stereocenters. The molecular formula is C11H11FN2. The molecule has 1 aromatic heterocycles. The van der Waals surface area contributed by atoms with Crippen LogP contribution < -0.4 is 5.73 Å². The summed E-state index contributed by atoms with van der Waals surface area (Å²) in [5.74, 6) is 0.314. The molecule has 0 unspecified atom stereocenters. The van der Waals surface area contributed by atoms with Crippen molar-refractivity contribution in [3.05, 3.63) is 29.7 Å². The summed E-state index contributed by atoms with van der Waals surface area (Å²) in [5, 5.41) is 0.618. The van der Waals surface area contributed by atoms with Crippen LogP contribution in [0.3, 0.4) is 0 Å². The van der Waals surface area contributed by atoms with Crippen molar-refractivity contribution in [2.75, 3.05) is 5.73 Å². The number of anilines is 1. The third-order valence-electron chi connectivity index (χ3n) is 2.81. The van der Waals surface area contributed by atoms with Gasteiger partial charge in [0.25, 0.3) is 0 Å². The lowest BCUT2D eigenvalue weighted by Gasteiger charge is -1.95. The number of fused-ring (bicyclic) bond motifs is 1. The third-order valence-corrected chi connectivity index (χ3v) is 2.81. The monoisotopic (exact) mass is 190 g/mol. The van der Waals surface area contributed by atoms with Gasteiger partial charge in [0.05, 0.1) is 5.69 Å². The summed E-state index contributed by atoms with van der Waals surface area (Å²) in [7, 11) is 0. The highest BCUT2D eigenvalue weighted by Gasteiger charge is 2.25. The average Bonchev–Trinajstić information content (AvgIpc) is 2.93. The highest BCUT2D eigenvalue weighted by molar-refractivity contribution is 5.84. The van der Waals surface area contributed by atoms with Crippen LogP contribution in [-0.4, -0.2) is 4.98 Å². The quantitative estimate of drug-likeness (QED) is 0.667. The fourth-order valence-corrected chi connectivity index (χ4v) is 1.82. The van der Waals surface area contributed by atoms with Crippen molar-refractivity contribution in [1.29, 1.82) is 0 Å². The molecular weight excluding hydrogens is 179 g/mol. The molecule has 3 rings (SSSR count). The first-order valence-electron chi connectivity index (χ1n) is 4.82. The van der Waals surface area contributed by atoms with Gasteiger partial charge < -0.3 is 10.7 Å². The van der Waals surface area contributed by atoms with Gasteiger partial charge in [-0.25, -0.2) is 4.39 Å². The first-order chi connectivity index (χ1) is 6.75. The summed E-state index contributed by atoms with van der Waals surface area (Å²) in [6, 6.07) is 5.32. The molecule has 1 aromatic carbocycles. The molecule has 0 spiro atoms. The minimum Gasteiger partial charge on any atom is -0.396 e. The topological polar surface area (TPSA) is 41.8 Å². The van der Waals surface area contributed by atoms with Crippen molar-refractivity contribution < 1.29 is 4.39 Å². The largest absolute Gasteiger partial charge is 0.396 e. The summed E-state index contributed by atoms with van der Waals surface area (Å²) in [6.45, 7) is 0. The van der Waals surface area contributed by atoms with Gasteiger partial charge in [0.15, 0.2) is 5.82 Å². The second-order valence-electron chi connectivity index (χ2n) is 3.93. The summed E-state index contributed by atoms with van der Waals surface area (Å²) in [4.78, 5) is 3.23. The maximum Gasteiger partial charge on any atom is 0.155 e. The molecule has 0 radical (unpaired) electrons. The lowest BCUT2D eigenvalue weighted by molar-refractivity contribution is 0.644. The summed E-state index contributed by atoms with van der Waals surface area (Å²) >= 11 is 0. The molecule has 72 valence electrons. The van der Waals surface area contributed by atoms with Crippen LogP contribution in [-0.2, 0) is 0 Å². The van der Waals surface area contributed by atoms with Crippen molar-refractivity contribution >= 4 is 16.6 Å². The van der Waals surface area contributed by atoms with Gasteiger partial charge in [-0.3, -0.25) is 0 Å². The van der Waals surface area contributed by atoms with Crippen LogP contribution in [0.2, 0.25) is 0 Å². The van der Waals surface area contributed by atoms with Crippen LogP contribution in [0, 0.1) is 5.82 Å². The number of aromatic nitrogens is 1. The van der Waals surface area contributed by atoms with E-state index in [0.717, 1.165) is 11.2 Å². The smallest absolute Gasteiger partial charge is 0.155 e. The van der Waals surface area contributed by atoms with E-state index >= 15 is 0 Å². The van der Waals surface area contributed by atoms with Gasteiger partial charge in [0.2, 0.25) is 0 Å². The maximum atomic E-state index is 13.6. The van der Waals surface area contributed by atoms with E-state index in [0.29, 0.717) is 11.3 Å². The van der Waals surface area contributed by atoms with E-state index in [9.17, 15) is 4.39 Å². The van der Waals surface area contributed by atoms with Gasteiger partial charge in [0, 0.05) is 16.6 Å². The molecule has 1 aliphatic rings. The minimum absolute atomic E-state index is 0.221. The molecule has 0 bridgehead atoms. The van der Waals surface area contributed by atoms with Crippen LogP contribution >= 0.6 is 0 Å². The first-order valence-corrected chi connectivity index (χ1v) is 4.82. The Labute approximate surface area is 80.9 Å². The molecule has 3 heteroatoms. The van der Waals surface area contributed by atoms with Crippen LogP contribution in [0.5, 0.6) is 0 Å². The molecule has 1 fully saturated rings. The number of nitrogens with two attached hydrogens (primary N) is 1. The van der Waals surface area contributed by atoms with Gasteiger partial charge in [-0.05, 0) is 37.0 Å². The van der Waals surface area contributed by atoms with E-state index in [2.05, 4.69) is 4.98 Å². The fourth-order valence-electron chi connectivity index (χ4n) is 1.82. The van der Waals surface area contributed by atoms with E-state index in [1.807, 2.05) is 12.1 Å². The number of aromatic amines is 1. The second-order valence-corrected chi connectivity index (χ2v) is 3.93. The average molecular weight is 190 g/mol. The number of halogens is 1. The first kappa shape index (κ1) is 7.85. The Bertz CT molecular complexity index is 497. The SMILES string of the molecule is Nc1ccc2[nH]c(C3CC3)cc2c1F. The van der Waals surface area contributed by atoms with E-state index in [1.165, 1.54) is 12.8 Å². The number of rotatable bonds is 1. The fraction of sp³-hybridized carbons (Fsp3) is 0.273. The Morgan fingerprint density at radius 2 is 2.14 bits per heavy atom. The van der Waals surface area contributed by atoms with E-state index in [1.54, 1.807) is 6.07 Å². The van der Waals surface area contributed by atoms with Gasteiger partial charge in [-0.2, -0.15) is 0 Å². The Morgan fingerprint density at radius 1 is 1.36 bits per heavy atom. The zero-order chi connectivity index (χ0) is 9.71. The Morgan fingerprint density at radius 3 is 2.86 bits per heavy atom. The van der Waals surface area contributed by atoms with Crippen molar-refractivity contribution in [1.82, 2.24) is 4.98 Å². The number of nitrogens with one attached hydrogen (secondary N) is 1. The van der Waals surface area contributed by atoms with E-state index in [4.69, 9.17) is 5.73 Å². The van der Waals surface area contributed by atoms with Crippen molar-refractivity contribution in [3.63, 3.8) is 0 Å². The van der Waals surface area contributed by atoms with Crippen LogP contribution in [0.25, 0.3) is 10.9 Å². The molecule has 0 saturated heterocycles. The lowest BCUT2D eigenvalue weighted by atomic mass is 10.2. The predicted octanol–water partition coefficient (Wildman–Crippen LogP) is 2.77. The standard InChI is InChI=1S/C11H11FN2/c12-11-7-5-10(6-1-2-6)14-9(7)4-3-8(11)13/h3-6,14H,1-2,13H2. The van der Waals surface area contributed by atoms with Crippen LogP contribution in [0.4, 0.5) is 10.1 Å². The zero-order valence-corrected chi connectivity index (χ0v) is 7.68. The van der Waals surface area contributed by atoms with E-state index < -0.39 is 0 Å². The Balaban J connectivity index is 2.26.